The molecule has 0 radical (unpaired) electrons. The lowest BCUT2D eigenvalue weighted by atomic mass is 9.98. The van der Waals surface area contributed by atoms with E-state index in [-0.39, 0.29) is 11.7 Å². The van der Waals surface area contributed by atoms with E-state index in [1.54, 1.807) is 0 Å². The highest BCUT2D eigenvalue weighted by Crippen LogP contribution is 2.26. The molecule has 0 heterocycles. The lowest BCUT2D eigenvalue weighted by molar-refractivity contribution is -0.126. The zero-order chi connectivity index (χ0) is 11.2. The minimum absolute atomic E-state index is 0.0735. The first-order chi connectivity index (χ1) is 6.40. The van der Waals surface area contributed by atoms with Crippen molar-refractivity contribution in [2.24, 2.45) is 5.41 Å². The average Bonchev–Trinajstić information content (AvgIpc) is 2.11. The lowest BCUT2D eigenvalue weighted by Gasteiger charge is -2.13. The van der Waals surface area contributed by atoms with Crippen molar-refractivity contribution in [2.75, 3.05) is 12.4 Å². The van der Waals surface area contributed by atoms with Gasteiger partial charge in [-0.25, -0.2) is 0 Å². The van der Waals surface area contributed by atoms with Crippen LogP contribution in [0.3, 0.4) is 0 Å². The topological polar surface area (TPSA) is 83.8 Å². The molecule has 7 heteroatoms. The van der Waals surface area contributed by atoms with E-state index in [0.29, 0.717) is 12.0 Å². The van der Waals surface area contributed by atoms with E-state index < -0.39 is 14.0 Å². The molecule has 0 bridgehead atoms. The number of hydrogen-bond acceptors (Lipinski definition) is 6. The van der Waals surface area contributed by atoms with E-state index >= 15 is 0 Å². The molecule has 0 amide bonds. The number of carbonyl (C=O) groups is 2. The van der Waals surface area contributed by atoms with Crippen molar-refractivity contribution >= 4 is 31.8 Å². The van der Waals surface area contributed by atoms with E-state index in [4.69, 9.17) is 9.79 Å². The number of rotatable bonds is 6. The van der Waals surface area contributed by atoms with Gasteiger partial charge in [-0.3, -0.25) is 4.79 Å². The van der Waals surface area contributed by atoms with Crippen LogP contribution in [-0.2, 0) is 14.1 Å². The van der Waals surface area contributed by atoms with Crippen LogP contribution in [-0.4, -0.2) is 33.5 Å². The molecule has 0 unspecified atom stereocenters. The molecule has 2 N–H and O–H groups in total. The molecular formula is C7H13O5PS. The maximum Gasteiger partial charge on any atom is 0.327 e. The fraction of sp³-hybridized carbons (Fsp3) is 0.714. The predicted molar refractivity (Wildman–Crippen MR) is 54.6 cm³/mol. The predicted octanol–water partition coefficient (Wildman–Crippen LogP) is 0.699. The normalized spacial score (nSPS) is 11.8. The van der Waals surface area contributed by atoms with Crippen molar-refractivity contribution in [1.82, 2.24) is 0 Å². The summed E-state index contributed by atoms with van der Waals surface area (Å²) in [4.78, 5) is 38.5. The van der Waals surface area contributed by atoms with Gasteiger partial charge in [-0.05, 0) is 13.8 Å². The van der Waals surface area contributed by atoms with Crippen LogP contribution in [0.2, 0.25) is 0 Å². The molecule has 0 aliphatic carbocycles. The SMILES string of the molecule is CC(C)(C=O)C(=O)SCCOP(O)O. The Bertz CT molecular complexity index is 206. The Kier molecular flexibility index (Phi) is 6.48. The van der Waals surface area contributed by atoms with Crippen molar-refractivity contribution in [2.45, 2.75) is 13.8 Å². The van der Waals surface area contributed by atoms with E-state index in [1.807, 2.05) is 0 Å². The zero-order valence-corrected chi connectivity index (χ0v) is 9.68. The Labute approximate surface area is 87.8 Å². The third kappa shape index (κ3) is 5.67. The lowest BCUT2D eigenvalue weighted by Crippen LogP contribution is -2.23. The van der Waals surface area contributed by atoms with Crippen molar-refractivity contribution in [3.63, 3.8) is 0 Å². The summed E-state index contributed by atoms with van der Waals surface area (Å²) < 4.78 is 4.45. The van der Waals surface area contributed by atoms with Gasteiger partial charge in [-0.1, -0.05) is 11.8 Å². The van der Waals surface area contributed by atoms with Crippen LogP contribution in [0.1, 0.15) is 13.8 Å². The van der Waals surface area contributed by atoms with Crippen LogP contribution < -0.4 is 0 Å². The highest BCUT2D eigenvalue weighted by Gasteiger charge is 2.26. The van der Waals surface area contributed by atoms with E-state index in [0.717, 1.165) is 11.8 Å². The van der Waals surface area contributed by atoms with Crippen molar-refractivity contribution in [3.05, 3.63) is 0 Å². The third-order valence-electron chi connectivity index (χ3n) is 1.34. The fourth-order valence-corrected chi connectivity index (χ4v) is 1.64. The molecule has 0 rings (SSSR count). The Balaban J connectivity index is 3.70. The Morgan fingerprint density at radius 1 is 1.57 bits per heavy atom. The summed E-state index contributed by atoms with van der Waals surface area (Å²) in [6.07, 6.45) is 0.591. The number of hydrogen-bond donors (Lipinski definition) is 2. The largest absolute Gasteiger partial charge is 0.328 e. The quantitative estimate of drug-likeness (QED) is 0.308. The van der Waals surface area contributed by atoms with Crippen LogP contribution in [0, 0.1) is 5.41 Å². The van der Waals surface area contributed by atoms with Gasteiger partial charge in [-0.2, -0.15) is 0 Å². The van der Waals surface area contributed by atoms with Crippen LogP contribution in [0.4, 0.5) is 0 Å². The molecular weight excluding hydrogens is 227 g/mol. The van der Waals surface area contributed by atoms with Gasteiger partial charge in [-0.15, -0.1) is 0 Å². The summed E-state index contributed by atoms with van der Waals surface area (Å²) >= 11 is 0.943. The molecule has 82 valence electrons. The molecule has 5 nitrogen and oxygen atoms in total. The van der Waals surface area contributed by atoms with Crippen LogP contribution in [0.5, 0.6) is 0 Å². The van der Waals surface area contributed by atoms with Gasteiger partial charge in [0.15, 0.2) is 0 Å². The molecule has 0 saturated heterocycles. The third-order valence-corrected chi connectivity index (χ3v) is 2.92. The number of aldehydes is 1. The molecule has 0 aromatic rings. The maximum atomic E-state index is 11.3. The zero-order valence-electron chi connectivity index (χ0n) is 7.97. The second-order valence-corrected chi connectivity index (χ2v) is 4.89. The minimum atomic E-state index is -2.36. The highest BCUT2D eigenvalue weighted by molar-refractivity contribution is 8.13. The van der Waals surface area contributed by atoms with Gasteiger partial charge in [0.2, 0.25) is 5.12 Å². The summed E-state index contributed by atoms with van der Waals surface area (Å²) in [5.74, 6) is 0.302. The molecule has 0 aliphatic heterocycles. The summed E-state index contributed by atoms with van der Waals surface area (Å²) in [5.41, 5.74) is -0.992. The Morgan fingerprint density at radius 3 is 2.57 bits per heavy atom. The maximum absolute atomic E-state index is 11.3. The van der Waals surface area contributed by atoms with Gasteiger partial charge >= 0.3 is 8.60 Å². The van der Waals surface area contributed by atoms with Gasteiger partial charge in [0.05, 0.1) is 12.0 Å². The molecule has 0 fully saturated rings. The fourth-order valence-electron chi connectivity index (χ4n) is 0.487. The summed E-state index contributed by atoms with van der Waals surface area (Å²) in [6, 6.07) is 0. The van der Waals surface area contributed by atoms with Gasteiger partial charge in [0, 0.05) is 5.75 Å². The number of carbonyl (C=O) groups excluding carboxylic acids is 2. The summed E-state index contributed by atoms with van der Waals surface area (Å²) in [7, 11) is -2.36. The summed E-state index contributed by atoms with van der Waals surface area (Å²) in [6.45, 7) is 3.13. The Hall–Kier alpha value is -0.0000000000000000416. The second kappa shape index (κ2) is 6.48. The average molecular weight is 240 g/mol. The van der Waals surface area contributed by atoms with Gasteiger partial charge in [0.25, 0.3) is 0 Å². The molecule has 0 spiro atoms. The molecule has 14 heavy (non-hydrogen) atoms. The first-order valence-electron chi connectivity index (χ1n) is 3.84. The van der Waals surface area contributed by atoms with Gasteiger partial charge < -0.3 is 19.1 Å². The molecule has 0 aromatic carbocycles. The Morgan fingerprint density at radius 2 is 2.14 bits per heavy atom. The molecule has 0 aliphatic rings. The second-order valence-electron chi connectivity index (χ2n) is 3.06. The monoisotopic (exact) mass is 240 g/mol. The van der Waals surface area contributed by atoms with E-state index in [9.17, 15) is 9.59 Å². The number of thioether (sulfide) groups is 1. The van der Waals surface area contributed by atoms with Crippen molar-refractivity contribution in [3.8, 4) is 0 Å². The van der Waals surface area contributed by atoms with Crippen LogP contribution >= 0.6 is 20.4 Å². The first kappa shape index (κ1) is 14.0. The molecule has 0 aromatic heterocycles. The van der Waals surface area contributed by atoms with Gasteiger partial charge in [0.1, 0.15) is 6.29 Å². The minimum Gasteiger partial charge on any atom is -0.328 e. The van der Waals surface area contributed by atoms with Crippen LogP contribution in [0.15, 0.2) is 0 Å². The van der Waals surface area contributed by atoms with Crippen LogP contribution in [0.25, 0.3) is 0 Å². The summed E-state index contributed by atoms with van der Waals surface area (Å²) in [5, 5.41) is -0.253. The smallest absolute Gasteiger partial charge is 0.327 e. The first-order valence-corrected chi connectivity index (χ1v) is 5.99. The van der Waals surface area contributed by atoms with E-state index in [2.05, 4.69) is 4.52 Å². The molecule has 0 saturated carbocycles. The highest BCUT2D eigenvalue weighted by atomic mass is 32.2. The van der Waals surface area contributed by atoms with Crippen molar-refractivity contribution < 1.29 is 23.9 Å². The van der Waals surface area contributed by atoms with E-state index in [1.165, 1.54) is 13.8 Å². The molecule has 0 atom stereocenters. The van der Waals surface area contributed by atoms with Crippen molar-refractivity contribution in [1.29, 1.82) is 0 Å². The standard InChI is InChI=1S/C7H13O5PS/c1-7(2,5-8)6(9)14-4-3-12-13(10)11/h5,10-11H,3-4H2,1-2H3.